The van der Waals surface area contributed by atoms with Gasteiger partial charge in [-0.3, -0.25) is 4.79 Å². The highest BCUT2D eigenvalue weighted by Gasteiger charge is 2.24. The molecule has 1 saturated carbocycles. The first kappa shape index (κ1) is 23.7. The summed E-state index contributed by atoms with van der Waals surface area (Å²) in [6.07, 6.45) is 11.5. The lowest BCUT2D eigenvalue weighted by atomic mass is 9.98. The van der Waals surface area contributed by atoms with Crippen LogP contribution < -0.4 is 5.32 Å². The van der Waals surface area contributed by atoms with Crippen LogP contribution in [0.2, 0.25) is 0 Å². The van der Waals surface area contributed by atoms with E-state index in [2.05, 4.69) is 27.4 Å². The molecule has 2 N–H and O–H groups in total. The SMILES string of the molecule is O=C(NC1CCCC1)N1CC=C(c2c[nH]c3ncc(-c4ccc(C(=O)N5CCOCC5)cc4)cc23)CC1. The molecule has 1 saturated heterocycles. The number of pyridine rings is 1. The van der Waals surface area contributed by atoms with Gasteiger partial charge in [-0.2, -0.15) is 0 Å². The first-order valence-electron chi connectivity index (χ1n) is 13.3. The fourth-order valence-corrected chi connectivity index (χ4v) is 5.62. The van der Waals surface area contributed by atoms with Crippen molar-refractivity contribution in [1.82, 2.24) is 25.1 Å². The second-order valence-electron chi connectivity index (χ2n) is 10.2. The van der Waals surface area contributed by atoms with E-state index >= 15 is 0 Å². The molecule has 0 radical (unpaired) electrons. The van der Waals surface area contributed by atoms with Gasteiger partial charge in [-0.15, -0.1) is 0 Å². The Bertz CT molecular complexity index is 1320. The number of ether oxygens (including phenoxy) is 1. The van der Waals surface area contributed by atoms with Crippen molar-refractivity contribution in [3.63, 3.8) is 0 Å². The van der Waals surface area contributed by atoms with Gasteiger partial charge in [0.1, 0.15) is 5.65 Å². The molecule has 1 aromatic carbocycles. The lowest BCUT2D eigenvalue weighted by Crippen LogP contribution is -2.45. The van der Waals surface area contributed by atoms with Crippen molar-refractivity contribution in [2.45, 2.75) is 38.1 Å². The molecule has 8 heteroatoms. The van der Waals surface area contributed by atoms with E-state index in [0.29, 0.717) is 51.0 Å². The van der Waals surface area contributed by atoms with E-state index in [1.165, 1.54) is 18.4 Å². The Kier molecular flexibility index (Phi) is 6.66. The number of carbonyl (C=O) groups excluding carboxylic acids is 2. The van der Waals surface area contributed by atoms with Gasteiger partial charge in [0.2, 0.25) is 0 Å². The summed E-state index contributed by atoms with van der Waals surface area (Å²) in [4.78, 5) is 37.1. The lowest BCUT2D eigenvalue weighted by Gasteiger charge is -2.28. The van der Waals surface area contributed by atoms with Crippen LogP contribution in [0.1, 0.15) is 48.0 Å². The number of nitrogens with one attached hydrogen (secondary N) is 2. The van der Waals surface area contributed by atoms with Gasteiger partial charge < -0.3 is 24.8 Å². The smallest absolute Gasteiger partial charge is 0.317 e. The zero-order valence-corrected chi connectivity index (χ0v) is 21.0. The van der Waals surface area contributed by atoms with Crippen molar-refractivity contribution >= 4 is 28.5 Å². The highest BCUT2D eigenvalue weighted by atomic mass is 16.5. The summed E-state index contributed by atoms with van der Waals surface area (Å²) in [5.74, 6) is 0.0477. The number of nitrogens with zero attached hydrogens (tertiary/aromatic N) is 3. The number of carbonyl (C=O) groups is 2. The standard InChI is InChI=1S/C29H33N5O3/c35-28(33-13-15-37-16-14-33)22-7-5-20(6-8-22)23-17-25-26(19-31-27(25)30-18-23)21-9-11-34(12-10-21)29(36)32-24-3-1-2-4-24/h5-9,17-19,24H,1-4,10-16H2,(H,30,31)(H,32,36). The molecule has 0 spiro atoms. The van der Waals surface area contributed by atoms with Crippen molar-refractivity contribution < 1.29 is 14.3 Å². The van der Waals surface area contributed by atoms with Crippen LogP contribution in [0.3, 0.4) is 0 Å². The molecule has 0 unspecified atom stereocenters. The molecule has 1 aliphatic carbocycles. The van der Waals surface area contributed by atoms with Gasteiger partial charge in [-0.1, -0.05) is 31.1 Å². The summed E-state index contributed by atoms with van der Waals surface area (Å²) in [5, 5.41) is 4.27. The largest absolute Gasteiger partial charge is 0.378 e. The summed E-state index contributed by atoms with van der Waals surface area (Å²) in [7, 11) is 0. The Balaban J connectivity index is 1.17. The minimum atomic E-state index is 0.0477. The molecule has 0 atom stereocenters. The van der Waals surface area contributed by atoms with Gasteiger partial charge in [0.15, 0.2) is 0 Å². The van der Waals surface area contributed by atoms with Crippen molar-refractivity contribution in [1.29, 1.82) is 0 Å². The van der Waals surface area contributed by atoms with E-state index in [0.717, 1.165) is 47.0 Å². The number of morpholine rings is 1. The number of rotatable bonds is 4. The Morgan fingerprint density at radius 1 is 1.00 bits per heavy atom. The maximum absolute atomic E-state index is 12.8. The Morgan fingerprint density at radius 3 is 2.51 bits per heavy atom. The van der Waals surface area contributed by atoms with Crippen molar-refractivity contribution in [3.8, 4) is 11.1 Å². The molecular formula is C29H33N5O3. The van der Waals surface area contributed by atoms with E-state index in [1.54, 1.807) is 0 Å². The van der Waals surface area contributed by atoms with Crippen molar-refractivity contribution in [3.05, 3.63) is 59.9 Å². The predicted molar refractivity (Wildman–Crippen MR) is 143 cm³/mol. The number of benzene rings is 1. The molecule has 0 bridgehead atoms. The summed E-state index contributed by atoms with van der Waals surface area (Å²) >= 11 is 0. The van der Waals surface area contributed by atoms with Crippen LogP contribution in [0.5, 0.6) is 0 Å². The highest BCUT2D eigenvalue weighted by Crippen LogP contribution is 2.31. The maximum atomic E-state index is 12.8. The van der Waals surface area contributed by atoms with Crippen LogP contribution in [0.25, 0.3) is 27.7 Å². The maximum Gasteiger partial charge on any atom is 0.317 e. The average molecular weight is 500 g/mol. The monoisotopic (exact) mass is 499 g/mol. The van der Waals surface area contributed by atoms with Crippen LogP contribution in [0, 0.1) is 0 Å². The molecule has 4 heterocycles. The molecule has 8 nitrogen and oxygen atoms in total. The van der Waals surface area contributed by atoms with E-state index in [4.69, 9.17) is 4.74 Å². The fourth-order valence-electron chi connectivity index (χ4n) is 5.62. The van der Waals surface area contributed by atoms with Gasteiger partial charge >= 0.3 is 6.03 Å². The molecule has 192 valence electrons. The lowest BCUT2D eigenvalue weighted by molar-refractivity contribution is 0.0303. The number of amides is 3. The Morgan fingerprint density at radius 2 is 1.78 bits per heavy atom. The molecule has 2 aromatic heterocycles. The van der Waals surface area contributed by atoms with Crippen LogP contribution >= 0.6 is 0 Å². The second-order valence-corrected chi connectivity index (χ2v) is 10.2. The number of hydrogen-bond acceptors (Lipinski definition) is 4. The van der Waals surface area contributed by atoms with E-state index < -0.39 is 0 Å². The summed E-state index contributed by atoms with van der Waals surface area (Å²) < 4.78 is 5.36. The zero-order valence-electron chi connectivity index (χ0n) is 21.0. The third kappa shape index (κ3) is 4.98. The molecule has 2 fully saturated rings. The van der Waals surface area contributed by atoms with Gasteiger partial charge in [-0.25, -0.2) is 9.78 Å². The number of urea groups is 1. The van der Waals surface area contributed by atoms with Gasteiger partial charge in [0.25, 0.3) is 5.91 Å². The Labute approximate surface area is 216 Å². The van der Waals surface area contributed by atoms with Gasteiger partial charge in [0.05, 0.1) is 13.2 Å². The number of aromatic amines is 1. The van der Waals surface area contributed by atoms with E-state index in [1.807, 2.05) is 46.5 Å². The third-order valence-corrected chi connectivity index (χ3v) is 7.82. The fraction of sp³-hybridized carbons (Fsp3) is 0.414. The topological polar surface area (TPSA) is 90.6 Å². The van der Waals surface area contributed by atoms with Gasteiger partial charge in [0, 0.05) is 66.7 Å². The number of aromatic nitrogens is 2. The van der Waals surface area contributed by atoms with Crippen LogP contribution in [-0.2, 0) is 4.74 Å². The summed E-state index contributed by atoms with van der Waals surface area (Å²) in [6.45, 7) is 3.79. The minimum absolute atomic E-state index is 0.0477. The van der Waals surface area contributed by atoms with Crippen LogP contribution in [0.4, 0.5) is 4.79 Å². The average Bonchev–Trinajstić information content (AvgIpc) is 3.63. The molecule has 6 rings (SSSR count). The third-order valence-electron chi connectivity index (χ3n) is 7.82. The molecule has 2 aliphatic heterocycles. The van der Waals surface area contributed by atoms with Crippen LogP contribution in [-0.4, -0.2) is 77.1 Å². The number of hydrogen-bond donors (Lipinski definition) is 2. The normalized spacial score (nSPS) is 18.8. The minimum Gasteiger partial charge on any atom is -0.378 e. The first-order chi connectivity index (χ1) is 18.2. The molecule has 3 amide bonds. The van der Waals surface area contributed by atoms with Gasteiger partial charge in [-0.05, 0) is 48.6 Å². The highest BCUT2D eigenvalue weighted by molar-refractivity contribution is 5.96. The quantitative estimate of drug-likeness (QED) is 0.555. The zero-order chi connectivity index (χ0) is 25.2. The molecule has 3 aromatic rings. The second kappa shape index (κ2) is 10.4. The summed E-state index contributed by atoms with van der Waals surface area (Å²) in [6, 6.07) is 10.3. The summed E-state index contributed by atoms with van der Waals surface area (Å²) in [5.41, 5.74) is 5.94. The predicted octanol–water partition coefficient (Wildman–Crippen LogP) is 4.44. The van der Waals surface area contributed by atoms with E-state index in [-0.39, 0.29) is 11.9 Å². The van der Waals surface area contributed by atoms with Crippen LogP contribution in [0.15, 0.2) is 48.8 Å². The molecular weight excluding hydrogens is 466 g/mol. The van der Waals surface area contributed by atoms with Crippen molar-refractivity contribution in [2.24, 2.45) is 0 Å². The number of H-pyrrole nitrogens is 1. The number of fused-ring (bicyclic) bond motifs is 1. The molecule has 3 aliphatic rings. The first-order valence-corrected chi connectivity index (χ1v) is 13.3. The Hall–Kier alpha value is -3.65. The van der Waals surface area contributed by atoms with E-state index in [9.17, 15) is 9.59 Å². The molecule has 37 heavy (non-hydrogen) atoms. The van der Waals surface area contributed by atoms with Crippen molar-refractivity contribution in [2.75, 3.05) is 39.4 Å².